The van der Waals surface area contributed by atoms with E-state index in [2.05, 4.69) is 15.3 Å². The summed E-state index contributed by atoms with van der Waals surface area (Å²) in [6.45, 7) is 0. The van der Waals surface area contributed by atoms with E-state index in [0.717, 1.165) is 33.3 Å². The number of hydrogen-bond donors (Lipinski definition) is 2. The lowest BCUT2D eigenvalue weighted by Crippen LogP contribution is -2.27. The summed E-state index contributed by atoms with van der Waals surface area (Å²) in [5, 5.41) is 4.07. The molecule has 1 aliphatic carbocycles. The predicted octanol–water partition coefficient (Wildman–Crippen LogP) is 5.58. The maximum absolute atomic E-state index is 12.9. The molecule has 0 aliphatic heterocycles. The van der Waals surface area contributed by atoms with Crippen LogP contribution in [0.1, 0.15) is 45.9 Å². The second-order valence-electron chi connectivity index (χ2n) is 7.50. The molecule has 2 aromatic carbocycles. The molecule has 2 aromatic heterocycles. The molecule has 1 aliphatic rings. The first-order valence-corrected chi connectivity index (χ1v) is 9.84. The van der Waals surface area contributed by atoms with Crippen LogP contribution in [-0.4, -0.2) is 15.9 Å². The van der Waals surface area contributed by atoms with Gasteiger partial charge in [0.1, 0.15) is 5.65 Å². The van der Waals surface area contributed by atoms with Gasteiger partial charge in [0.15, 0.2) is 0 Å². The normalized spacial score (nSPS) is 15.5. The molecule has 1 amide bonds. The van der Waals surface area contributed by atoms with Gasteiger partial charge in [-0.1, -0.05) is 24.3 Å². The summed E-state index contributed by atoms with van der Waals surface area (Å²) in [7, 11) is 0. The van der Waals surface area contributed by atoms with E-state index < -0.39 is 6.43 Å². The molecule has 1 atom stereocenters. The van der Waals surface area contributed by atoms with Crippen molar-refractivity contribution < 1.29 is 13.6 Å². The molecule has 4 aromatic rings. The monoisotopic (exact) mass is 403 g/mol. The van der Waals surface area contributed by atoms with Crippen LogP contribution in [0.2, 0.25) is 0 Å². The fourth-order valence-corrected chi connectivity index (χ4v) is 4.18. The Morgan fingerprint density at radius 2 is 1.93 bits per heavy atom. The zero-order valence-corrected chi connectivity index (χ0v) is 16.0. The molecule has 5 rings (SSSR count). The van der Waals surface area contributed by atoms with Crippen molar-refractivity contribution in [2.24, 2.45) is 0 Å². The van der Waals surface area contributed by atoms with Gasteiger partial charge in [0.25, 0.3) is 12.3 Å². The Balaban J connectivity index is 1.34. The van der Waals surface area contributed by atoms with Crippen molar-refractivity contribution in [3.05, 3.63) is 89.2 Å². The number of alkyl halides is 2. The maximum atomic E-state index is 12.9. The molecule has 0 spiro atoms. The third-order valence-corrected chi connectivity index (χ3v) is 5.72. The van der Waals surface area contributed by atoms with E-state index in [1.807, 2.05) is 30.5 Å². The van der Waals surface area contributed by atoms with Crippen LogP contribution in [0.15, 0.2) is 67.0 Å². The van der Waals surface area contributed by atoms with Gasteiger partial charge >= 0.3 is 0 Å². The number of fused-ring (bicyclic) bond motifs is 2. The second-order valence-corrected chi connectivity index (χ2v) is 7.50. The number of carbonyl (C=O) groups excluding carboxylic acids is 1. The number of benzene rings is 2. The topological polar surface area (TPSA) is 57.8 Å². The second kappa shape index (κ2) is 7.37. The van der Waals surface area contributed by atoms with Crippen LogP contribution in [0.3, 0.4) is 0 Å². The molecule has 0 saturated carbocycles. The predicted molar refractivity (Wildman–Crippen MR) is 111 cm³/mol. The highest BCUT2D eigenvalue weighted by molar-refractivity contribution is 5.96. The number of H-pyrrole nitrogens is 1. The molecule has 4 nitrogen and oxygen atoms in total. The molecule has 6 heteroatoms. The van der Waals surface area contributed by atoms with Gasteiger partial charge < -0.3 is 10.3 Å². The molecule has 0 radical (unpaired) electrons. The van der Waals surface area contributed by atoms with Crippen molar-refractivity contribution in [1.29, 1.82) is 0 Å². The first kappa shape index (κ1) is 18.5. The van der Waals surface area contributed by atoms with Crippen molar-refractivity contribution in [1.82, 2.24) is 15.3 Å². The summed E-state index contributed by atoms with van der Waals surface area (Å²) in [5.74, 6) is -0.168. The molecule has 150 valence electrons. The molecule has 0 bridgehead atoms. The van der Waals surface area contributed by atoms with Gasteiger partial charge in [-0.2, -0.15) is 0 Å². The first-order valence-electron chi connectivity index (χ1n) is 9.84. The van der Waals surface area contributed by atoms with Crippen molar-refractivity contribution in [3.8, 4) is 11.1 Å². The first-order chi connectivity index (χ1) is 14.6. The molecule has 0 unspecified atom stereocenters. The van der Waals surface area contributed by atoms with E-state index in [0.29, 0.717) is 18.4 Å². The Hall–Kier alpha value is -3.54. The van der Waals surface area contributed by atoms with Gasteiger partial charge in [-0.3, -0.25) is 4.79 Å². The lowest BCUT2D eigenvalue weighted by molar-refractivity contribution is 0.0936. The van der Waals surface area contributed by atoms with Crippen molar-refractivity contribution in [2.75, 3.05) is 0 Å². The number of rotatable bonds is 4. The fourth-order valence-electron chi connectivity index (χ4n) is 4.18. The van der Waals surface area contributed by atoms with Gasteiger partial charge in [-0.05, 0) is 65.4 Å². The number of carbonyl (C=O) groups is 1. The van der Waals surface area contributed by atoms with Crippen molar-refractivity contribution in [3.63, 3.8) is 0 Å². The number of nitrogens with one attached hydrogen (secondary N) is 2. The SMILES string of the molecule is O=C(N[C@H]1CCc2cc(C(F)F)ccc21)c1ccc(-c2ccnc3[nH]ccc23)cc1. The molecule has 2 heterocycles. The Kier molecular flexibility index (Phi) is 4.54. The Labute approximate surface area is 172 Å². The Morgan fingerprint density at radius 1 is 1.10 bits per heavy atom. The fraction of sp³-hybridized carbons (Fsp3) is 0.167. The third-order valence-electron chi connectivity index (χ3n) is 5.72. The zero-order chi connectivity index (χ0) is 20.7. The zero-order valence-electron chi connectivity index (χ0n) is 16.0. The number of aromatic nitrogens is 2. The Bertz CT molecular complexity index is 1230. The van der Waals surface area contributed by atoms with Crippen LogP contribution in [-0.2, 0) is 6.42 Å². The summed E-state index contributed by atoms with van der Waals surface area (Å²) in [6.07, 6.45) is 2.54. The van der Waals surface area contributed by atoms with Gasteiger partial charge in [0, 0.05) is 28.9 Å². The summed E-state index contributed by atoms with van der Waals surface area (Å²) in [6, 6.07) is 15.9. The van der Waals surface area contributed by atoms with Gasteiger partial charge in [-0.25, -0.2) is 13.8 Å². The highest BCUT2D eigenvalue weighted by atomic mass is 19.3. The van der Waals surface area contributed by atoms with Crippen LogP contribution in [0.4, 0.5) is 8.78 Å². The summed E-state index contributed by atoms with van der Waals surface area (Å²) < 4.78 is 25.8. The number of nitrogens with zero attached hydrogens (tertiary/aromatic N) is 1. The van der Waals surface area contributed by atoms with Gasteiger partial charge in [-0.15, -0.1) is 0 Å². The summed E-state index contributed by atoms with van der Waals surface area (Å²) in [5.41, 5.74) is 5.29. The Morgan fingerprint density at radius 3 is 2.73 bits per heavy atom. The number of aromatic amines is 1. The largest absolute Gasteiger partial charge is 0.346 e. The van der Waals surface area contributed by atoms with Crippen LogP contribution in [0.5, 0.6) is 0 Å². The molecular weight excluding hydrogens is 384 g/mol. The average Bonchev–Trinajstić information content (AvgIpc) is 3.40. The van der Waals surface area contributed by atoms with E-state index in [4.69, 9.17) is 0 Å². The van der Waals surface area contributed by atoms with E-state index in [1.54, 1.807) is 30.5 Å². The highest BCUT2D eigenvalue weighted by Crippen LogP contribution is 2.34. The number of aryl methyl sites for hydroxylation is 1. The van der Waals surface area contributed by atoms with Gasteiger partial charge in [0.2, 0.25) is 0 Å². The molecule has 0 saturated heterocycles. The quantitative estimate of drug-likeness (QED) is 0.467. The number of hydrogen-bond acceptors (Lipinski definition) is 2. The van der Waals surface area contributed by atoms with Crippen LogP contribution in [0, 0.1) is 0 Å². The van der Waals surface area contributed by atoms with Crippen LogP contribution < -0.4 is 5.32 Å². The van der Waals surface area contributed by atoms with Gasteiger partial charge in [0.05, 0.1) is 6.04 Å². The van der Waals surface area contributed by atoms with E-state index >= 15 is 0 Å². The number of amides is 1. The van der Waals surface area contributed by atoms with Crippen LogP contribution in [0.25, 0.3) is 22.2 Å². The lowest BCUT2D eigenvalue weighted by atomic mass is 10.0. The maximum Gasteiger partial charge on any atom is 0.263 e. The lowest BCUT2D eigenvalue weighted by Gasteiger charge is -2.15. The summed E-state index contributed by atoms with van der Waals surface area (Å²) >= 11 is 0. The standard InChI is InChI=1S/C24H19F2N3O/c25-22(26)17-5-7-19-16(13-17)6-8-21(19)29-24(30)15-3-1-14(2-4-15)18-9-11-27-23-20(18)10-12-28-23/h1-5,7,9-13,21-22H,6,8H2,(H,27,28)(H,29,30)/t21-/m0/s1. The minimum absolute atomic E-state index is 0.0314. The summed E-state index contributed by atoms with van der Waals surface area (Å²) in [4.78, 5) is 20.2. The van der Waals surface area contributed by atoms with E-state index in [9.17, 15) is 13.6 Å². The minimum Gasteiger partial charge on any atom is -0.346 e. The van der Waals surface area contributed by atoms with E-state index in [-0.39, 0.29) is 17.5 Å². The van der Waals surface area contributed by atoms with Crippen molar-refractivity contribution in [2.45, 2.75) is 25.3 Å². The molecular formula is C24H19F2N3O. The average molecular weight is 403 g/mol. The van der Waals surface area contributed by atoms with Crippen molar-refractivity contribution >= 4 is 16.9 Å². The third kappa shape index (κ3) is 3.24. The molecule has 0 fully saturated rings. The molecule has 2 N–H and O–H groups in total. The molecule has 30 heavy (non-hydrogen) atoms. The van der Waals surface area contributed by atoms with Crippen LogP contribution >= 0.6 is 0 Å². The number of pyridine rings is 1. The minimum atomic E-state index is -2.48. The smallest absolute Gasteiger partial charge is 0.263 e. The van der Waals surface area contributed by atoms with E-state index in [1.165, 1.54) is 6.07 Å². The number of halogens is 2. The highest BCUT2D eigenvalue weighted by Gasteiger charge is 2.25.